The number of ether oxygens (including phenoxy) is 2. The number of nitrogens with one attached hydrogen (secondary N) is 1. The Labute approximate surface area is 107 Å². The van der Waals surface area contributed by atoms with Crippen molar-refractivity contribution >= 4 is 23.0 Å². The summed E-state index contributed by atoms with van der Waals surface area (Å²) in [5, 5.41) is 3.80. The number of rotatable bonds is 8. The first-order valence-electron chi connectivity index (χ1n) is 5.60. The summed E-state index contributed by atoms with van der Waals surface area (Å²) < 4.78 is 10.2. The van der Waals surface area contributed by atoms with E-state index in [-0.39, 0.29) is 0 Å². The largest absolute Gasteiger partial charge is 0.396 e. The standard InChI is InChI=1S/C12H19ClN2O2/c1-16-8-9-17-7-3-6-15-11-5-2-4-10(13)12(11)14/h2,4-5,15H,3,6-9,14H2,1H3. The third-order valence-electron chi connectivity index (χ3n) is 2.27. The highest BCUT2D eigenvalue weighted by molar-refractivity contribution is 6.33. The van der Waals surface area contributed by atoms with Crippen LogP contribution in [0.3, 0.4) is 0 Å². The van der Waals surface area contributed by atoms with Gasteiger partial charge in [0.1, 0.15) is 0 Å². The second kappa shape index (κ2) is 8.17. The number of anilines is 2. The predicted octanol–water partition coefficient (Wildman–Crippen LogP) is 2.39. The molecule has 17 heavy (non-hydrogen) atoms. The molecule has 0 aliphatic carbocycles. The van der Waals surface area contributed by atoms with Gasteiger partial charge >= 0.3 is 0 Å². The maximum Gasteiger partial charge on any atom is 0.0739 e. The zero-order valence-electron chi connectivity index (χ0n) is 10.0. The van der Waals surface area contributed by atoms with Crippen molar-refractivity contribution in [1.82, 2.24) is 0 Å². The highest BCUT2D eigenvalue weighted by atomic mass is 35.5. The molecule has 0 amide bonds. The molecule has 0 fully saturated rings. The van der Waals surface area contributed by atoms with Gasteiger partial charge in [0.05, 0.1) is 29.6 Å². The SMILES string of the molecule is COCCOCCCNc1cccc(Cl)c1N. The van der Waals surface area contributed by atoms with Crippen LogP contribution in [0.4, 0.5) is 11.4 Å². The van der Waals surface area contributed by atoms with Crippen LogP contribution in [0.2, 0.25) is 5.02 Å². The molecule has 0 saturated heterocycles. The lowest BCUT2D eigenvalue weighted by Crippen LogP contribution is -2.09. The number of halogens is 1. The molecule has 0 spiro atoms. The maximum atomic E-state index is 5.91. The molecule has 4 nitrogen and oxygen atoms in total. The summed E-state index contributed by atoms with van der Waals surface area (Å²) in [6, 6.07) is 5.55. The molecule has 1 aromatic carbocycles. The van der Waals surface area contributed by atoms with Crippen molar-refractivity contribution in [3.05, 3.63) is 23.2 Å². The minimum Gasteiger partial charge on any atom is -0.396 e. The number of para-hydroxylation sites is 1. The Hall–Kier alpha value is -0.970. The molecular weight excluding hydrogens is 240 g/mol. The third-order valence-corrected chi connectivity index (χ3v) is 2.60. The van der Waals surface area contributed by atoms with E-state index in [1.807, 2.05) is 12.1 Å². The number of hydrogen-bond acceptors (Lipinski definition) is 4. The fourth-order valence-electron chi connectivity index (χ4n) is 1.33. The molecule has 0 unspecified atom stereocenters. The molecule has 0 aliphatic rings. The van der Waals surface area contributed by atoms with Crippen LogP contribution in [0.15, 0.2) is 18.2 Å². The van der Waals surface area contributed by atoms with E-state index in [1.165, 1.54) is 0 Å². The summed E-state index contributed by atoms with van der Waals surface area (Å²) >= 11 is 5.91. The molecule has 1 aromatic rings. The monoisotopic (exact) mass is 258 g/mol. The van der Waals surface area contributed by atoms with Crippen LogP contribution in [0, 0.1) is 0 Å². The van der Waals surface area contributed by atoms with Crippen LogP contribution in [0.25, 0.3) is 0 Å². The first-order valence-corrected chi connectivity index (χ1v) is 5.98. The van der Waals surface area contributed by atoms with E-state index in [2.05, 4.69) is 5.32 Å². The minimum atomic E-state index is 0.575. The number of benzene rings is 1. The summed E-state index contributed by atoms with van der Waals surface area (Å²) in [5.41, 5.74) is 7.28. The van der Waals surface area contributed by atoms with Crippen LogP contribution in [-0.2, 0) is 9.47 Å². The molecule has 0 aromatic heterocycles. The van der Waals surface area contributed by atoms with Crippen LogP contribution < -0.4 is 11.1 Å². The molecule has 0 bridgehead atoms. The summed E-state index contributed by atoms with van der Waals surface area (Å²) in [5.74, 6) is 0. The van der Waals surface area contributed by atoms with Gasteiger partial charge in [0.25, 0.3) is 0 Å². The first-order chi connectivity index (χ1) is 8.25. The molecule has 0 saturated carbocycles. The van der Waals surface area contributed by atoms with Gasteiger partial charge in [0.15, 0.2) is 0 Å². The Bertz CT molecular complexity index is 334. The van der Waals surface area contributed by atoms with Crippen LogP contribution in [-0.4, -0.2) is 33.5 Å². The van der Waals surface area contributed by atoms with Crippen LogP contribution >= 0.6 is 11.6 Å². The maximum absolute atomic E-state index is 5.91. The Balaban J connectivity index is 2.16. The van der Waals surface area contributed by atoms with Gasteiger partial charge in [0, 0.05) is 20.3 Å². The van der Waals surface area contributed by atoms with Crippen molar-refractivity contribution in [2.45, 2.75) is 6.42 Å². The molecular formula is C12H19ClN2O2. The lowest BCUT2D eigenvalue weighted by molar-refractivity contribution is 0.0705. The molecule has 1 rings (SSSR count). The summed E-state index contributed by atoms with van der Waals surface area (Å²) in [7, 11) is 1.66. The van der Waals surface area contributed by atoms with E-state index in [4.69, 9.17) is 26.8 Å². The average molecular weight is 259 g/mol. The molecule has 5 heteroatoms. The summed E-state index contributed by atoms with van der Waals surface area (Å²) in [6.07, 6.45) is 0.912. The molecule has 0 radical (unpaired) electrons. The van der Waals surface area contributed by atoms with Gasteiger partial charge in [-0.3, -0.25) is 0 Å². The predicted molar refractivity (Wildman–Crippen MR) is 71.7 cm³/mol. The Morgan fingerprint density at radius 2 is 2.12 bits per heavy atom. The number of methoxy groups -OCH3 is 1. The van der Waals surface area contributed by atoms with E-state index >= 15 is 0 Å². The quantitative estimate of drug-likeness (QED) is 0.555. The smallest absolute Gasteiger partial charge is 0.0739 e. The lowest BCUT2D eigenvalue weighted by atomic mass is 10.2. The fourth-order valence-corrected chi connectivity index (χ4v) is 1.51. The second-order valence-corrected chi connectivity index (χ2v) is 3.99. The van der Waals surface area contributed by atoms with Crippen molar-refractivity contribution in [3.8, 4) is 0 Å². The normalized spacial score (nSPS) is 10.5. The molecule has 0 heterocycles. The Kier molecular flexibility index (Phi) is 6.77. The van der Waals surface area contributed by atoms with E-state index in [9.17, 15) is 0 Å². The van der Waals surface area contributed by atoms with Gasteiger partial charge in [-0.2, -0.15) is 0 Å². The molecule has 0 atom stereocenters. The first kappa shape index (κ1) is 14.1. The summed E-state index contributed by atoms with van der Waals surface area (Å²) in [6.45, 7) is 2.78. The van der Waals surface area contributed by atoms with E-state index < -0.39 is 0 Å². The van der Waals surface area contributed by atoms with Crippen molar-refractivity contribution in [1.29, 1.82) is 0 Å². The molecule has 3 N–H and O–H groups in total. The minimum absolute atomic E-state index is 0.575. The van der Waals surface area contributed by atoms with Crippen LogP contribution in [0.1, 0.15) is 6.42 Å². The van der Waals surface area contributed by atoms with E-state index in [0.29, 0.717) is 30.5 Å². The Morgan fingerprint density at radius 1 is 1.29 bits per heavy atom. The molecule has 0 aliphatic heterocycles. The van der Waals surface area contributed by atoms with Crippen molar-refractivity contribution in [2.24, 2.45) is 0 Å². The van der Waals surface area contributed by atoms with Crippen molar-refractivity contribution in [2.75, 3.05) is 44.5 Å². The van der Waals surface area contributed by atoms with Gasteiger partial charge in [-0.15, -0.1) is 0 Å². The second-order valence-electron chi connectivity index (χ2n) is 3.59. The van der Waals surface area contributed by atoms with Crippen LogP contribution in [0.5, 0.6) is 0 Å². The third kappa shape index (κ3) is 5.26. The van der Waals surface area contributed by atoms with E-state index in [0.717, 1.165) is 18.7 Å². The lowest BCUT2D eigenvalue weighted by Gasteiger charge is -2.10. The van der Waals surface area contributed by atoms with Gasteiger partial charge in [-0.05, 0) is 18.6 Å². The van der Waals surface area contributed by atoms with Crippen molar-refractivity contribution < 1.29 is 9.47 Å². The molecule has 96 valence electrons. The average Bonchev–Trinajstić information content (AvgIpc) is 2.33. The van der Waals surface area contributed by atoms with Gasteiger partial charge in [-0.25, -0.2) is 0 Å². The van der Waals surface area contributed by atoms with Gasteiger partial charge in [-0.1, -0.05) is 17.7 Å². The number of nitrogens with two attached hydrogens (primary N) is 1. The fraction of sp³-hybridized carbons (Fsp3) is 0.500. The highest BCUT2D eigenvalue weighted by Gasteiger charge is 2.01. The number of hydrogen-bond donors (Lipinski definition) is 2. The zero-order chi connectivity index (χ0) is 12.5. The summed E-state index contributed by atoms with van der Waals surface area (Å²) in [4.78, 5) is 0. The number of nitrogen functional groups attached to an aromatic ring is 1. The van der Waals surface area contributed by atoms with Gasteiger partial charge < -0.3 is 20.5 Å². The van der Waals surface area contributed by atoms with Crippen molar-refractivity contribution in [3.63, 3.8) is 0 Å². The van der Waals surface area contributed by atoms with E-state index in [1.54, 1.807) is 13.2 Å². The van der Waals surface area contributed by atoms with Gasteiger partial charge in [0.2, 0.25) is 0 Å². The highest BCUT2D eigenvalue weighted by Crippen LogP contribution is 2.26. The Morgan fingerprint density at radius 3 is 2.88 bits per heavy atom. The topological polar surface area (TPSA) is 56.5 Å². The zero-order valence-corrected chi connectivity index (χ0v) is 10.8.